The van der Waals surface area contributed by atoms with Gasteiger partial charge in [0.2, 0.25) is 0 Å². The molecule has 121 valence electrons. The summed E-state index contributed by atoms with van der Waals surface area (Å²) < 4.78 is 0. The largest absolute Gasteiger partial charge is 0.362 e. The smallest absolute Gasteiger partial charge is 0.0659 e. The molecule has 0 amide bonds. The topological polar surface area (TPSA) is 52.9 Å². The molecule has 0 bridgehead atoms. The summed E-state index contributed by atoms with van der Waals surface area (Å²) >= 11 is 0. The third-order valence-corrected chi connectivity index (χ3v) is 3.46. The molecule has 0 spiro atoms. The summed E-state index contributed by atoms with van der Waals surface area (Å²) in [7, 11) is 0. The zero-order valence-electron chi connectivity index (χ0n) is 12.6. The van der Waals surface area contributed by atoms with Crippen LogP contribution in [0.4, 0.5) is 0 Å². The van der Waals surface area contributed by atoms with Gasteiger partial charge in [-0.3, -0.25) is 4.99 Å². The van der Waals surface area contributed by atoms with Crippen LogP contribution in [0.2, 0.25) is 0 Å². The number of aromatic amines is 1. The Morgan fingerprint density at radius 2 is 1.50 bits per heavy atom. The van der Waals surface area contributed by atoms with Gasteiger partial charge in [0.1, 0.15) is 0 Å². The van der Waals surface area contributed by atoms with Gasteiger partial charge in [-0.1, -0.05) is 0 Å². The molecule has 0 aromatic carbocycles. The van der Waals surface area contributed by atoms with Gasteiger partial charge >= 0.3 is 0 Å². The molecule has 0 fully saturated rings. The number of rotatable bonds is 3. The van der Waals surface area contributed by atoms with E-state index in [1.54, 1.807) is 6.21 Å². The Hall–Kier alpha value is -2.75. The first-order valence-corrected chi connectivity index (χ1v) is 7.38. The number of hydrogen-bond acceptors (Lipinski definition) is 3. The Bertz CT molecular complexity index is 887. The molecule has 0 saturated carbocycles. The van der Waals surface area contributed by atoms with Crippen molar-refractivity contribution in [3.63, 3.8) is 0 Å². The van der Waals surface area contributed by atoms with Gasteiger partial charge in [0, 0.05) is 35.2 Å². The van der Waals surface area contributed by atoms with E-state index in [-0.39, 0.29) is 17.1 Å². The SMILES string of the molecule is C1=CC(=CC2=NC(=CC3=NC(=Cc4ccc[nH]4)C=C3)C=C2)N=C1.[Cu]. The fourth-order valence-electron chi connectivity index (χ4n) is 2.41. The predicted molar refractivity (Wildman–Crippen MR) is 95.7 cm³/mol. The number of hydrogen-bond donors (Lipinski definition) is 1. The van der Waals surface area contributed by atoms with E-state index in [9.17, 15) is 0 Å². The van der Waals surface area contributed by atoms with Gasteiger partial charge < -0.3 is 4.98 Å². The van der Waals surface area contributed by atoms with E-state index in [2.05, 4.69) is 20.0 Å². The van der Waals surface area contributed by atoms with Crippen LogP contribution in [0.1, 0.15) is 5.69 Å². The van der Waals surface area contributed by atoms with Crippen LogP contribution in [-0.4, -0.2) is 22.6 Å². The predicted octanol–water partition coefficient (Wildman–Crippen LogP) is 3.78. The summed E-state index contributed by atoms with van der Waals surface area (Å²) in [5.74, 6) is 0. The summed E-state index contributed by atoms with van der Waals surface area (Å²) in [6.45, 7) is 0. The van der Waals surface area contributed by atoms with E-state index >= 15 is 0 Å². The maximum absolute atomic E-state index is 4.57. The van der Waals surface area contributed by atoms with Gasteiger partial charge in [0.05, 0.1) is 28.5 Å². The molecule has 3 aliphatic heterocycles. The number of aromatic nitrogens is 1. The minimum absolute atomic E-state index is 0. The average Bonchev–Trinajstić information content (AvgIpc) is 3.31. The Balaban J connectivity index is 0.00000169. The van der Waals surface area contributed by atoms with Crippen molar-refractivity contribution < 1.29 is 17.1 Å². The van der Waals surface area contributed by atoms with Crippen LogP contribution in [0, 0.1) is 0 Å². The van der Waals surface area contributed by atoms with Crippen LogP contribution in [-0.2, 0) is 17.1 Å². The van der Waals surface area contributed by atoms with Crippen LogP contribution in [0.25, 0.3) is 6.08 Å². The number of allylic oxidation sites excluding steroid dienone is 8. The van der Waals surface area contributed by atoms with Crippen molar-refractivity contribution in [2.75, 3.05) is 0 Å². The van der Waals surface area contributed by atoms with E-state index < -0.39 is 0 Å². The van der Waals surface area contributed by atoms with Crippen molar-refractivity contribution >= 4 is 23.7 Å². The Morgan fingerprint density at radius 1 is 0.792 bits per heavy atom. The van der Waals surface area contributed by atoms with Crippen LogP contribution >= 0.6 is 0 Å². The normalized spacial score (nSPS) is 22.8. The van der Waals surface area contributed by atoms with Gasteiger partial charge in [-0.05, 0) is 66.8 Å². The Morgan fingerprint density at radius 3 is 2.12 bits per heavy atom. The van der Waals surface area contributed by atoms with Crippen molar-refractivity contribution in [1.82, 2.24) is 4.98 Å². The molecule has 0 unspecified atom stereocenters. The van der Waals surface area contributed by atoms with Crippen molar-refractivity contribution in [3.05, 3.63) is 89.7 Å². The number of nitrogens with zero attached hydrogens (tertiary/aromatic N) is 3. The molecule has 0 aliphatic carbocycles. The molecule has 0 atom stereocenters. The minimum Gasteiger partial charge on any atom is -0.362 e. The van der Waals surface area contributed by atoms with E-state index in [0.29, 0.717) is 0 Å². The first kappa shape index (κ1) is 16.1. The Labute approximate surface area is 150 Å². The van der Waals surface area contributed by atoms with Crippen molar-refractivity contribution in [2.24, 2.45) is 15.0 Å². The van der Waals surface area contributed by atoms with E-state index in [4.69, 9.17) is 0 Å². The summed E-state index contributed by atoms with van der Waals surface area (Å²) in [4.78, 5) is 16.5. The molecular weight excluding hydrogens is 348 g/mol. The third kappa shape index (κ3) is 3.77. The second-order valence-corrected chi connectivity index (χ2v) is 5.21. The van der Waals surface area contributed by atoms with E-state index in [1.165, 1.54) is 0 Å². The summed E-state index contributed by atoms with van der Waals surface area (Å²) in [5, 5.41) is 0. The standard InChI is InChI=1S/C19H14N4.Cu/c1-3-14(20-9-1)11-16-5-7-18(22-16)13-19-8-6-17(23-19)12-15-4-2-10-21-15;/h1-13,20H;. The number of H-pyrrole nitrogens is 1. The summed E-state index contributed by atoms with van der Waals surface area (Å²) in [6, 6.07) is 3.98. The first-order chi connectivity index (χ1) is 11.3. The fourth-order valence-corrected chi connectivity index (χ4v) is 2.41. The van der Waals surface area contributed by atoms with Crippen LogP contribution in [0.15, 0.2) is 99.0 Å². The van der Waals surface area contributed by atoms with Gasteiger partial charge in [-0.15, -0.1) is 0 Å². The molecule has 4 heterocycles. The molecular formula is C19H14CuN4. The van der Waals surface area contributed by atoms with Crippen molar-refractivity contribution in [2.45, 2.75) is 0 Å². The number of nitrogens with one attached hydrogen (secondary N) is 1. The van der Waals surface area contributed by atoms with Crippen LogP contribution in [0.3, 0.4) is 0 Å². The molecule has 4 rings (SSSR count). The van der Waals surface area contributed by atoms with Gasteiger partial charge in [0.15, 0.2) is 0 Å². The molecule has 0 saturated heterocycles. The maximum atomic E-state index is 4.57. The maximum Gasteiger partial charge on any atom is 0.0659 e. The van der Waals surface area contributed by atoms with E-state index in [0.717, 1.165) is 34.2 Å². The van der Waals surface area contributed by atoms with Gasteiger partial charge in [-0.2, -0.15) is 0 Å². The van der Waals surface area contributed by atoms with Gasteiger partial charge in [-0.25, -0.2) is 9.98 Å². The monoisotopic (exact) mass is 361 g/mol. The molecule has 1 radical (unpaired) electrons. The zero-order valence-corrected chi connectivity index (χ0v) is 13.6. The molecule has 1 aromatic rings. The Kier molecular flexibility index (Phi) is 4.85. The molecule has 1 aromatic heterocycles. The molecule has 24 heavy (non-hydrogen) atoms. The molecule has 3 aliphatic rings. The molecule has 5 heteroatoms. The van der Waals surface area contributed by atoms with Crippen LogP contribution < -0.4 is 0 Å². The number of aliphatic imine (C=N–C) groups is 3. The first-order valence-electron chi connectivity index (χ1n) is 7.38. The van der Waals surface area contributed by atoms with Gasteiger partial charge in [0.25, 0.3) is 0 Å². The average molecular weight is 362 g/mol. The second-order valence-electron chi connectivity index (χ2n) is 5.21. The van der Waals surface area contributed by atoms with Crippen molar-refractivity contribution in [3.8, 4) is 0 Å². The van der Waals surface area contributed by atoms with E-state index in [1.807, 2.05) is 73.0 Å². The quantitative estimate of drug-likeness (QED) is 0.796. The van der Waals surface area contributed by atoms with Crippen molar-refractivity contribution in [1.29, 1.82) is 0 Å². The summed E-state index contributed by atoms with van der Waals surface area (Å²) in [5.41, 5.74) is 5.59. The molecule has 1 N–H and O–H groups in total. The second kappa shape index (κ2) is 7.21. The fraction of sp³-hybridized carbons (Fsp3) is 0. The molecule has 4 nitrogen and oxygen atoms in total. The minimum atomic E-state index is 0. The zero-order chi connectivity index (χ0) is 15.5. The third-order valence-electron chi connectivity index (χ3n) is 3.46. The summed E-state index contributed by atoms with van der Waals surface area (Å²) in [6.07, 6.45) is 21.4. The van der Waals surface area contributed by atoms with Crippen LogP contribution in [0.5, 0.6) is 0 Å².